The number of para-hydroxylation sites is 1. The van der Waals surface area contributed by atoms with Crippen molar-refractivity contribution in [2.45, 2.75) is 26.4 Å². The predicted octanol–water partition coefficient (Wildman–Crippen LogP) is 3.82. The molecule has 1 aliphatic rings. The molecule has 0 radical (unpaired) electrons. The highest BCUT2D eigenvalue weighted by atomic mass is 16.2. The first-order valence-electron chi connectivity index (χ1n) is 9.48. The third-order valence-electron chi connectivity index (χ3n) is 5.07. The van der Waals surface area contributed by atoms with Gasteiger partial charge in [0, 0.05) is 35.6 Å². The summed E-state index contributed by atoms with van der Waals surface area (Å²) in [5.41, 5.74) is 4.33. The average molecular weight is 389 g/mol. The van der Waals surface area contributed by atoms with Crippen molar-refractivity contribution in [1.29, 1.82) is 0 Å². The lowest BCUT2D eigenvalue weighted by Gasteiger charge is -2.25. The van der Waals surface area contributed by atoms with Crippen LogP contribution in [0.5, 0.6) is 0 Å². The summed E-state index contributed by atoms with van der Waals surface area (Å²) >= 11 is 0. The summed E-state index contributed by atoms with van der Waals surface area (Å²) in [4.78, 5) is 33.6. The van der Waals surface area contributed by atoms with Gasteiger partial charge in [0.1, 0.15) is 5.82 Å². The van der Waals surface area contributed by atoms with Crippen molar-refractivity contribution in [3.63, 3.8) is 0 Å². The van der Waals surface area contributed by atoms with Crippen molar-refractivity contribution >= 4 is 34.7 Å². The Morgan fingerprint density at radius 1 is 1.31 bits per heavy atom. The maximum atomic E-state index is 12.7. The summed E-state index contributed by atoms with van der Waals surface area (Å²) in [6.45, 7) is 4.22. The minimum Gasteiger partial charge on any atom is -0.357 e. The molecular weight excluding hydrogens is 366 g/mol. The van der Waals surface area contributed by atoms with Crippen LogP contribution in [0.4, 0.5) is 10.6 Å². The Bertz CT molecular complexity index is 1100. The molecule has 3 N–H and O–H groups in total. The van der Waals surface area contributed by atoms with Crippen LogP contribution in [0.25, 0.3) is 17.0 Å². The molecule has 7 heteroatoms. The van der Waals surface area contributed by atoms with Crippen molar-refractivity contribution in [1.82, 2.24) is 20.2 Å². The molecule has 1 aromatic carbocycles. The first kappa shape index (κ1) is 18.7. The molecule has 7 nitrogen and oxygen atoms in total. The van der Waals surface area contributed by atoms with Gasteiger partial charge in [0.05, 0.1) is 12.6 Å². The Morgan fingerprint density at radius 3 is 2.90 bits per heavy atom. The number of anilines is 1. The molecule has 0 saturated heterocycles. The van der Waals surface area contributed by atoms with E-state index in [2.05, 4.69) is 26.7 Å². The molecule has 1 unspecified atom stereocenters. The number of hydrogen-bond donors (Lipinski definition) is 3. The van der Waals surface area contributed by atoms with Gasteiger partial charge in [0.15, 0.2) is 0 Å². The summed E-state index contributed by atoms with van der Waals surface area (Å²) in [6.07, 6.45) is 3.46. The van der Waals surface area contributed by atoms with E-state index in [9.17, 15) is 9.59 Å². The monoisotopic (exact) mass is 389 g/mol. The molecule has 3 aromatic rings. The van der Waals surface area contributed by atoms with E-state index in [4.69, 9.17) is 0 Å². The molecule has 0 fully saturated rings. The van der Waals surface area contributed by atoms with Gasteiger partial charge in [0.2, 0.25) is 5.91 Å². The Hall–Kier alpha value is -3.61. The lowest BCUT2D eigenvalue weighted by molar-refractivity contribution is -0.118. The molecular formula is C22H23N5O2. The van der Waals surface area contributed by atoms with E-state index >= 15 is 0 Å². The number of urea groups is 1. The smallest absolute Gasteiger partial charge is 0.323 e. The van der Waals surface area contributed by atoms with Crippen LogP contribution in [0.15, 0.2) is 48.2 Å². The number of benzene rings is 1. The molecule has 0 aliphatic carbocycles. The Balaban J connectivity index is 1.48. The maximum Gasteiger partial charge on any atom is 0.323 e. The number of aromatic nitrogens is 2. The second-order valence-corrected chi connectivity index (χ2v) is 7.40. The third-order valence-corrected chi connectivity index (χ3v) is 5.07. The van der Waals surface area contributed by atoms with Gasteiger partial charge in [-0.05, 0) is 49.1 Å². The normalized spacial score (nSPS) is 15.1. The number of rotatable bonds is 4. The van der Waals surface area contributed by atoms with Gasteiger partial charge >= 0.3 is 6.03 Å². The molecule has 3 amide bonds. The summed E-state index contributed by atoms with van der Waals surface area (Å²) in [5, 5.41) is 6.89. The Kier molecular flexibility index (Phi) is 4.80. The Labute approximate surface area is 168 Å². The highest BCUT2D eigenvalue weighted by molar-refractivity contribution is 5.97. The van der Waals surface area contributed by atoms with Crippen LogP contribution in [-0.4, -0.2) is 33.9 Å². The third kappa shape index (κ3) is 3.85. The first-order valence-corrected chi connectivity index (χ1v) is 9.48. The van der Waals surface area contributed by atoms with E-state index < -0.39 is 0 Å². The number of amides is 3. The van der Waals surface area contributed by atoms with E-state index in [0.717, 1.165) is 27.7 Å². The average Bonchev–Trinajstić information content (AvgIpc) is 3.13. The van der Waals surface area contributed by atoms with Crippen LogP contribution in [0.2, 0.25) is 0 Å². The molecule has 0 spiro atoms. The molecule has 0 bridgehead atoms. The molecule has 1 aliphatic heterocycles. The fraction of sp³-hybridized carbons (Fsp3) is 0.227. The maximum absolute atomic E-state index is 12.7. The minimum atomic E-state index is -0.171. The highest BCUT2D eigenvalue weighted by Gasteiger charge is 2.20. The van der Waals surface area contributed by atoms with E-state index in [1.165, 1.54) is 0 Å². The van der Waals surface area contributed by atoms with Crippen LogP contribution in [0.3, 0.4) is 0 Å². The van der Waals surface area contributed by atoms with Gasteiger partial charge in [-0.1, -0.05) is 18.2 Å². The second kappa shape index (κ2) is 7.43. The lowest BCUT2D eigenvalue weighted by Crippen LogP contribution is -2.35. The molecule has 3 heterocycles. The number of carbonyl (C=O) groups is 2. The van der Waals surface area contributed by atoms with E-state index in [1.807, 2.05) is 37.3 Å². The Morgan fingerprint density at radius 2 is 2.10 bits per heavy atom. The topological polar surface area (TPSA) is 90.1 Å². The molecule has 1 atom stereocenters. The lowest BCUT2D eigenvalue weighted by atomic mass is 10.1. The standard InChI is InChI=1S/C22H23N5O2/c1-13(8-15-9-17-12-27(3)22(29)26-20(17)23-11-15)21(28)24-14(2)19-10-16-6-4-5-7-18(16)25-19/h4-11,14,25H,12H2,1-3H3,(H,24,28)(H,23,26,29). The summed E-state index contributed by atoms with van der Waals surface area (Å²) in [6, 6.07) is 11.7. The zero-order chi connectivity index (χ0) is 20.5. The van der Waals surface area contributed by atoms with Crippen molar-refractivity contribution in [3.8, 4) is 0 Å². The number of pyridine rings is 1. The number of hydrogen-bond acceptors (Lipinski definition) is 3. The van der Waals surface area contributed by atoms with E-state index in [0.29, 0.717) is 17.9 Å². The van der Waals surface area contributed by atoms with Crippen molar-refractivity contribution in [2.75, 3.05) is 12.4 Å². The van der Waals surface area contributed by atoms with Gasteiger partial charge in [-0.15, -0.1) is 0 Å². The summed E-state index contributed by atoms with van der Waals surface area (Å²) < 4.78 is 0. The van der Waals surface area contributed by atoms with Gasteiger partial charge in [-0.2, -0.15) is 0 Å². The van der Waals surface area contributed by atoms with Crippen LogP contribution in [0.1, 0.15) is 36.7 Å². The minimum absolute atomic E-state index is 0.140. The van der Waals surface area contributed by atoms with Crippen molar-refractivity contribution < 1.29 is 9.59 Å². The van der Waals surface area contributed by atoms with E-state index in [-0.39, 0.29) is 18.0 Å². The molecule has 0 saturated carbocycles. The van der Waals surface area contributed by atoms with Crippen LogP contribution < -0.4 is 10.6 Å². The van der Waals surface area contributed by atoms with Gasteiger partial charge < -0.3 is 15.2 Å². The van der Waals surface area contributed by atoms with Crippen LogP contribution in [-0.2, 0) is 11.3 Å². The number of fused-ring (bicyclic) bond motifs is 2. The van der Waals surface area contributed by atoms with Gasteiger partial charge in [-0.25, -0.2) is 9.78 Å². The summed E-state index contributed by atoms with van der Waals surface area (Å²) in [5.74, 6) is 0.430. The first-order chi connectivity index (χ1) is 13.9. The van der Waals surface area contributed by atoms with Gasteiger partial charge in [-0.3, -0.25) is 10.1 Å². The fourth-order valence-corrected chi connectivity index (χ4v) is 3.40. The largest absolute Gasteiger partial charge is 0.357 e. The molecule has 4 rings (SSSR count). The van der Waals surface area contributed by atoms with E-state index in [1.54, 1.807) is 31.1 Å². The zero-order valence-corrected chi connectivity index (χ0v) is 16.6. The summed E-state index contributed by atoms with van der Waals surface area (Å²) in [7, 11) is 1.73. The fourth-order valence-electron chi connectivity index (χ4n) is 3.40. The quantitative estimate of drug-likeness (QED) is 0.593. The van der Waals surface area contributed by atoms with Gasteiger partial charge in [0.25, 0.3) is 0 Å². The molecule has 2 aromatic heterocycles. The van der Waals surface area contributed by atoms with Crippen molar-refractivity contribution in [3.05, 3.63) is 65.0 Å². The second-order valence-electron chi connectivity index (χ2n) is 7.40. The zero-order valence-electron chi connectivity index (χ0n) is 16.6. The number of nitrogens with one attached hydrogen (secondary N) is 3. The van der Waals surface area contributed by atoms with Crippen molar-refractivity contribution in [2.24, 2.45) is 0 Å². The van der Waals surface area contributed by atoms with Crippen LogP contribution >= 0.6 is 0 Å². The number of aromatic amines is 1. The van der Waals surface area contributed by atoms with Crippen LogP contribution in [0, 0.1) is 0 Å². The SMILES string of the molecule is CC(=Cc1cnc2c(c1)CN(C)C(=O)N2)C(=O)NC(C)c1cc2ccccc2[nH]1. The predicted molar refractivity (Wildman–Crippen MR) is 113 cm³/mol. The highest BCUT2D eigenvalue weighted by Crippen LogP contribution is 2.23. The number of H-pyrrole nitrogens is 1. The molecule has 148 valence electrons. The number of carbonyl (C=O) groups excluding carboxylic acids is 2. The number of nitrogens with zero attached hydrogens (tertiary/aromatic N) is 2. The molecule has 29 heavy (non-hydrogen) atoms.